The van der Waals surface area contributed by atoms with Crippen LogP contribution in [0, 0.1) is 5.82 Å². The smallest absolute Gasteiger partial charge is 0.270 e. The Morgan fingerprint density at radius 3 is 2.60 bits per heavy atom. The quantitative estimate of drug-likeness (QED) is 0.511. The van der Waals surface area contributed by atoms with Gasteiger partial charge >= 0.3 is 0 Å². The van der Waals surface area contributed by atoms with Gasteiger partial charge < -0.3 is 20.1 Å². The zero-order chi connectivity index (χ0) is 21.3. The maximum absolute atomic E-state index is 13.6. The fourth-order valence-corrected chi connectivity index (χ4v) is 3.18. The molecule has 1 aromatic heterocycles. The molecule has 7 nitrogen and oxygen atoms in total. The zero-order valence-electron chi connectivity index (χ0n) is 16.2. The number of nitrogens with one attached hydrogen (secondary N) is 2. The summed E-state index contributed by atoms with van der Waals surface area (Å²) in [6, 6.07) is 12.9. The van der Waals surface area contributed by atoms with Gasteiger partial charge in [0.2, 0.25) is 0 Å². The highest BCUT2D eigenvalue weighted by Gasteiger charge is 2.12. The van der Waals surface area contributed by atoms with Crippen LogP contribution in [0.2, 0.25) is 0 Å². The first kappa shape index (κ1) is 21.3. The molecule has 2 N–H and O–H groups in total. The van der Waals surface area contributed by atoms with E-state index in [4.69, 9.17) is 9.47 Å². The third kappa shape index (κ3) is 5.77. The second-order valence-corrected chi connectivity index (χ2v) is 7.03. The van der Waals surface area contributed by atoms with Crippen molar-refractivity contribution >= 4 is 23.2 Å². The molecule has 0 aliphatic heterocycles. The fourth-order valence-electron chi connectivity index (χ4n) is 2.49. The lowest BCUT2D eigenvalue weighted by Crippen LogP contribution is -2.34. The Morgan fingerprint density at radius 1 is 1.07 bits per heavy atom. The largest absolute Gasteiger partial charge is 0.497 e. The van der Waals surface area contributed by atoms with E-state index in [-0.39, 0.29) is 43.0 Å². The van der Waals surface area contributed by atoms with Gasteiger partial charge in [-0.2, -0.15) is 0 Å². The number of rotatable bonds is 9. The Bertz CT molecular complexity index is 1020. The molecule has 0 radical (unpaired) electrons. The van der Waals surface area contributed by atoms with Crippen LogP contribution in [0.1, 0.15) is 25.9 Å². The van der Waals surface area contributed by atoms with Crippen molar-refractivity contribution in [2.24, 2.45) is 0 Å². The van der Waals surface area contributed by atoms with E-state index >= 15 is 0 Å². The molecule has 0 saturated heterocycles. The molecular formula is C21H20FN3O4S. The summed E-state index contributed by atoms with van der Waals surface area (Å²) in [7, 11) is 1.53. The third-order valence-electron chi connectivity index (χ3n) is 4.00. The molecule has 2 aromatic carbocycles. The SMILES string of the molecule is COc1cccc(C(=O)NCCNC(=O)c2csc(COc3ccccc3F)n2)c1. The van der Waals surface area contributed by atoms with Gasteiger partial charge in [-0.05, 0) is 30.3 Å². The van der Waals surface area contributed by atoms with Crippen LogP contribution in [-0.4, -0.2) is 37.0 Å². The molecule has 0 atom stereocenters. The van der Waals surface area contributed by atoms with E-state index in [1.807, 2.05) is 0 Å². The number of halogens is 1. The van der Waals surface area contributed by atoms with Crippen LogP contribution in [0.25, 0.3) is 0 Å². The lowest BCUT2D eigenvalue weighted by Gasteiger charge is -2.07. The Morgan fingerprint density at radius 2 is 1.83 bits per heavy atom. The van der Waals surface area contributed by atoms with E-state index in [1.54, 1.807) is 41.8 Å². The standard InChI is InChI=1S/C21H20FN3O4S/c1-28-15-6-4-5-14(11-15)20(26)23-9-10-24-21(27)17-13-30-19(25-17)12-29-18-8-3-2-7-16(18)22/h2-8,11,13H,9-10,12H2,1H3,(H,23,26)(H,24,27). The van der Waals surface area contributed by atoms with E-state index in [1.165, 1.54) is 30.6 Å². The number of nitrogens with zero attached hydrogens (tertiary/aromatic N) is 1. The number of amides is 2. The zero-order valence-corrected chi connectivity index (χ0v) is 17.0. The molecule has 156 valence electrons. The van der Waals surface area contributed by atoms with Gasteiger partial charge in [0.15, 0.2) is 11.6 Å². The summed E-state index contributed by atoms with van der Waals surface area (Å²) < 4.78 is 24.0. The van der Waals surface area contributed by atoms with Crippen LogP contribution < -0.4 is 20.1 Å². The first-order valence-corrected chi connectivity index (χ1v) is 9.97. The number of thiazole rings is 1. The molecule has 3 aromatic rings. The van der Waals surface area contributed by atoms with Crippen molar-refractivity contribution in [2.45, 2.75) is 6.61 Å². The normalized spacial score (nSPS) is 10.3. The number of hydrogen-bond acceptors (Lipinski definition) is 6. The molecule has 9 heteroatoms. The second-order valence-electron chi connectivity index (χ2n) is 6.09. The first-order valence-electron chi connectivity index (χ1n) is 9.09. The summed E-state index contributed by atoms with van der Waals surface area (Å²) in [5, 5.41) is 7.57. The van der Waals surface area contributed by atoms with Gasteiger partial charge in [-0.15, -0.1) is 11.3 Å². The number of ether oxygens (including phenoxy) is 2. The number of hydrogen-bond donors (Lipinski definition) is 2. The predicted molar refractivity (Wildman–Crippen MR) is 111 cm³/mol. The van der Waals surface area contributed by atoms with Crippen LogP contribution in [0.3, 0.4) is 0 Å². The van der Waals surface area contributed by atoms with E-state index in [0.29, 0.717) is 16.3 Å². The summed E-state index contributed by atoms with van der Waals surface area (Å²) in [5.41, 5.74) is 0.714. The topological polar surface area (TPSA) is 89.6 Å². The fraction of sp³-hybridized carbons (Fsp3) is 0.190. The molecule has 1 heterocycles. The van der Waals surface area contributed by atoms with Gasteiger partial charge in [-0.25, -0.2) is 9.37 Å². The number of methoxy groups -OCH3 is 1. The van der Waals surface area contributed by atoms with Crippen LogP contribution in [-0.2, 0) is 6.61 Å². The Balaban J connectivity index is 1.42. The van der Waals surface area contributed by atoms with Gasteiger partial charge in [0, 0.05) is 24.0 Å². The lowest BCUT2D eigenvalue weighted by molar-refractivity contribution is 0.0925. The van der Waals surface area contributed by atoms with E-state index in [2.05, 4.69) is 15.6 Å². The lowest BCUT2D eigenvalue weighted by atomic mass is 10.2. The monoisotopic (exact) mass is 429 g/mol. The number of carbonyl (C=O) groups excluding carboxylic acids is 2. The Kier molecular flexibility index (Phi) is 7.34. The molecule has 0 bridgehead atoms. The average molecular weight is 429 g/mol. The summed E-state index contributed by atoms with van der Waals surface area (Å²) >= 11 is 1.25. The van der Waals surface area contributed by atoms with Crippen molar-refractivity contribution in [1.29, 1.82) is 0 Å². The van der Waals surface area contributed by atoms with Crippen LogP contribution in [0.5, 0.6) is 11.5 Å². The summed E-state index contributed by atoms with van der Waals surface area (Å²) in [6.07, 6.45) is 0. The molecule has 0 spiro atoms. The van der Waals surface area contributed by atoms with Gasteiger partial charge in [0.05, 0.1) is 7.11 Å². The van der Waals surface area contributed by atoms with E-state index < -0.39 is 5.82 Å². The number of para-hydroxylation sites is 1. The highest BCUT2D eigenvalue weighted by Crippen LogP contribution is 2.18. The molecule has 3 rings (SSSR count). The van der Waals surface area contributed by atoms with Gasteiger partial charge in [0.25, 0.3) is 11.8 Å². The molecular weight excluding hydrogens is 409 g/mol. The summed E-state index contributed by atoms with van der Waals surface area (Å²) in [4.78, 5) is 28.5. The average Bonchev–Trinajstić information content (AvgIpc) is 3.25. The highest BCUT2D eigenvalue weighted by molar-refractivity contribution is 7.09. The Labute approximate surface area is 176 Å². The van der Waals surface area contributed by atoms with Gasteiger partial charge in [0.1, 0.15) is 23.1 Å². The van der Waals surface area contributed by atoms with Crippen molar-refractivity contribution in [3.05, 3.63) is 76.0 Å². The van der Waals surface area contributed by atoms with Crippen molar-refractivity contribution in [3.8, 4) is 11.5 Å². The van der Waals surface area contributed by atoms with E-state index in [0.717, 1.165) is 0 Å². The second kappa shape index (κ2) is 10.4. The molecule has 30 heavy (non-hydrogen) atoms. The molecule has 0 aliphatic rings. The summed E-state index contributed by atoms with van der Waals surface area (Å²) in [5.74, 6) is -0.355. The van der Waals surface area contributed by atoms with Gasteiger partial charge in [-0.1, -0.05) is 18.2 Å². The summed E-state index contributed by atoms with van der Waals surface area (Å²) in [6.45, 7) is 0.567. The minimum atomic E-state index is -0.456. The third-order valence-corrected chi connectivity index (χ3v) is 4.82. The van der Waals surface area contributed by atoms with Gasteiger partial charge in [-0.3, -0.25) is 9.59 Å². The van der Waals surface area contributed by atoms with Crippen molar-refractivity contribution < 1.29 is 23.5 Å². The number of benzene rings is 2. The predicted octanol–water partition coefficient (Wildman–Crippen LogP) is 3.03. The van der Waals surface area contributed by atoms with Crippen molar-refractivity contribution in [2.75, 3.05) is 20.2 Å². The molecule has 0 aliphatic carbocycles. The molecule has 0 saturated carbocycles. The highest BCUT2D eigenvalue weighted by atomic mass is 32.1. The van der Waals surface area contributed by atoms with Crippen LogP contribution in [0.15, 0.2) is 53.9 Å². The van der Waals surface area contributed by atoms with Crippen molar-refractivity contribution in [1.82, 2.24) is 15.6 Å². The Hall–Kier alpha value is -3.46. The maximum atomic E-state index is 13.6. The van der Waals surface area contributed by atoms with E-state index in [9.17, 15) is 14.0 Å². The molecule has 2 amide bonds. The van der Waals surface area contributed by atoms with Crippen molar-refractivity contribution in [3.63, 3.8) is 0 Å². The number of carbonyl (C=O) groups is 2. The molecule has 0 unspecified atom stereocenters. The van der Waals surface area contributed by atoms with Crippen LogP contribution in [0.4, 0.5) is 4.39 Å². The minimum absolute atomic E-state index is 0.0650. The first-order chi connectivity index (χ1) is 14.6. The maximum Gasteiger partial charge on any atom is 0.270 e. The van der Waals surface area contributed by atoms with Crippen LogP contribution >= 0.6 is 11.3 Å². The molecule has 0 fully saturated rings. The number of aromatic nitrogens is 1. The minimum Gasteiger partial charge on any atom is -0.497 e.